The highest BCUT2D eigenvalue weighted by Gasteiger charge is 2.23. The molecule has 21 heavy (non-hydrogen) atoms. The quantitative estimate of drug-likeness (QED) is 0.873. The van der Waals surface area contributed by atoms with Crippen LogP contribution < -0.4 is 10.2 Å². The van der Waals surface area contributed by atoms with Crippen LogP contribution >= 0.6 is 0 Å². The van der Waals surface area contributed by atoms with E-state index in [1.165, 1.54) is 6.42 Å². The molecule has 2 rings (SSSR count). The Balaban J connectivity index is 2.21. The molecule has 2 unspecified atom stereocenters. The molecule has 1 N–H and O–H groups in total. The van der Waals surface area contributed by atoms with Crippen LogP contribution in [0.2, 0.25) is 0 Å². The normalized spacial score (nSPS) is 22.4. The molecule has 0 spiro atoms. The molecular weight excluding hydrogens is 264 g/mol. The summed E-state index contributed by atoms with van der Waals surface area (Å²) in [6.07, 6.45) is 1.30. The Hall–Kier alpha value is -1.36. The topological polar surface area (TPSA) is 50.3 Å². The minimum Gasteiger partial charge on any atom is -0.374 e. The van der Waals surface area contributed by atoms with Crippen molar-refractivity contribution in [2.45, 2.75) is 40.7 Å². The Morgan fingerprint density at radius 3 is 2.57 bits per heavy atom. The second-order valence-corrected chi connectivity index (χ2v) is 6.05. The maximum absolute atomic E-state index is 5.47. The van der Waals surface area contributed by atoms with E-state index in [-0.39, 0.29) is 0 Å². The monoisotopic (exact) mass is 292 g/mol. The molecule has 118 valence electrons. The van der Waals surface area contributed by atoms with Gasteiger partial charge in [0.05, 0.1) is 0 Å². The number of nitrogens with one attached hydrogen (secondary N) is 1. The largest absolute Gasteiger partial charge is 0.374 e. The first-order chi connectivity index (χ1) is 10.1. The fourth-order valence-corrected chi connectivity index (χ4v) is 3.02. The number of hydrogen-bond acceptors (Lipinski definition) is 5. The minimum atomic E-state index is 0.474. The van der Waals surface area contributed by atoms with E-state index in [1.807, 2.05) is 6.92 Å². The van der Waals surface area contributed by atoms with E-state index in [0.717, 1.165) is 37.1 Å². The summed E-state index contributed by atoms with van der Waals surface area (Å²) in [4.78, 5) is 11.6. The third-order valence-electron chi connectivity index (χ3n) is 3.74. The number of anilines is 2. The fraction of sp³-hybridized carbons (Fsp3) is 0.750. The maximum atomic E-state index is 5.47. The van der Waals surface area contributed by atoms with Crippen LogP contribution in [-0.2, 0) is 11.3 Å². The van der Waals surface area contributed by atoms with Crippen LogP contribution in [0.15, 0.2) is 6.07 Å². The van der Waals surface area contributed by atoms with E-state index in [2.05, 4.69) is 42.0 Å². The Labute approximate surface area is 128 Å². The summed E-state index contributed by atoms with van der Waals surface area (Å²) in [5, 5.41) is 3.29. The van der Waals surface area contributed by atoms with Crippen molar-refractivity contribution in [1.82, 2.24) is 9.97 Å². The second kappa shape index (κ2) is 7.59. The molecule has 2 heterocycles. The molecule has 1 saturated heterocycles. The van der Waals surface area contributed by atoms with Crippen LogP contribution in [0.25, 0.3) is 0 Å². The highest BCUT2D eigenvalue weighted by atomic mass is 16.5. The fourth-order valence-electron chi connectivity index (χ4n) is 3.02. The SMILES string of the molecule is CCNc1cc(N2CC(C)CC(C)C2)nc(COCC)n1. The smallest absolute Gasteiger partial charge is 0.158 e. The number of hydrogen-bond donors (Lipinski definition) is 1. The van der Waals surface area contributed by atoms with Gasteiger partial charge in [-0.25, -0.2) is 9.97 Å². The van der Waals surface area contributed by atoms with Crippen molar-refractivity contribution in [3.8, 4) is 0 Å². The molecule has 0 aliphatic carbocycles. The van der Waals surface area contributed by atoms with Crippen LogP contribution in [0.1, 0.15) is 39.9 Å². The maximum Gasteiger partial charge on any atom is 0.158 e. The predicted octanol–water partition coefficient (Wildman–Crippen LogP) is 2.93. The number of nitrogens with zero attached hydrogens (tertiary/aromatic N) is 3. The van der Waals surface area contributed by atoms with Gasteiger partial charge in [-0.15, -0.1) is 0 Å². The summed E-state index contributed by atoms with van der Waals surface area (Å²) in [6, 6.07) is 2.06. The Morgan fingerprint density at radius 2 is 1.95 bits per heavy atom. The molecule has 1 aromatic rings. The van der Waals surface area contributed by atoms with Crippen LogP contribution in [0, 0.1) is 11.8 Å². The van der Waals surface area contributed by atoms with E-state index >= 15 is 0 Å². The van der Waals surface area contributed by atoms with Crippen molar-refractivity contribution in [2.75, 3.05) is 36.5 Å². The summed E-state index contributed by atoms with van der Waals surface area (Å²) >= 11 is 0. The van der Waals surface area contributed by atoms with Gasteiger partial charge in [0, 0.05) is 32.3 Å². The van der Waals surface area contributed by atoms with Crippen LogP contribution in [0.4, 0.5) is 11.6 Å². The molecule has 5 nitrogen and oxygen atoms in total. The molecular formula is C16H28N4O. The third-order valence-corrected chi connectivity index (χ3v) is 3.74. The molecule has 0 amide bonds. The summed E-state index contributed by atoms with van der Waals surface area (Å²) in [6.45, 7) is 12.9. The van der Waals surface area contributed by atoms with E-state index in [4.69, 9.17) is 9.72 Å². The van der Waals surface area contributed by atoms with E-state index in [1.54, 1.807) is 0 Å². The van der Waals surface area contributed by atoms with E-state index < -0.39 is 0 Å². The summed E-state index contributed by atoms with van der Waals surface area (Å²) in [5.41, 5.74) is 0. The van der Waals surface area contributed by atoms with Gasteiger partial charge in [0.2, 0.25) is 0 Å². The van der Waals surface area contributed by atoms with E-state index in [0.29, 0.717) is 25.0 Å². The first-order valence-electron chi connectivity index (χ1n) is 8.06. The zero-order chi connectivity index (χ0) is 15.2. The van der Waals surface area contributed by atoms with Gasteiger partial charge in [-0.2, -0.15) is 0 Å². The lowest BCUT2D eigenvalue weighted by atomic mass is 9.92. The third kappa shape index (κ3) is 4.56. The molecule has 1 aliphatic rings. The molecule has 1 aromatic heterocycles. The lowest BCUT2D eigenvalue weighted by molar-refractivity contribution is 0.128. The highest BCUT2D eigenvalue weighted by Crippen LogP contribution is 2.26. The summed E-state index contributed by atoms with van der Waals surface area (Å²) < 4.78 is 5.47. The van der Waals surface area contributed by atoms with Gasteiger partial charge in [-0.1, -0.05) is 13.8 Å². The molecule has 0 radical (unpaired) electrons. The van der Waals surface area contributed by atoms with Gasteiger partial charge in [-0.05, 0) is 32.1 Å². The van der Waals surface area contributed by atoms with Crippen molar-refractivity contribution in [1.29, 1.82) is 0 Å². The molecule has 5 heteroatoms. The lowest BCUT2D eigenvalue weighted by Crippen LogP contribution is -2.39. The van der Waals surface area contributed by atoms with Crippen molar-refractivity contribution >= 4 is 11.6 Å². The van der Waals surface area contributed by atoms with Gasteiger partial charge in [0.1, 0.15) is 18.2 Å². The lowest BCUT2D eigenvalue weighted by Gasteiger charge is -2.36. The van der Waals surface area contributed by atoms with Crippen molar-refractivity contribution in [3.05, 3.63) is 11.9 Å². The minimum absolute atomic E-state index is 0.474. The van der Waals surface area contributed by atoms with Crippen molar-refractivity contribution in [2.24, 2.45) is 11.8 Å². The zero-order valence-electron chi connectivity index (χ0n) is 13.7. The zero-order valence-corrected chi connectivity index (χ0v) is 13.7. The number of piperidine rings is 1. The Morgan fingerprint density at radius 1 is 1.24 bits per heavy atom. The van der Waals surface area contributed by atoms with Gasteiger partial charge in [0.15, 0.2) is 5.82 Å². The van der Waals surface area contributed by atoms with Gasteiger partial charge >= 0.3 is 0 Å². The molecule has 1 fully saturated rings. The molecule has 0 saturated carbocycles. The first kappa shape index (κ1) is 16.0. The van der Waals surface area contributed by atoms with Gasteiger partial charge in [-0.3, -0.25) is 0 Å². The molecule has 0 aromatic carbocycles. The second-order valence-electron chi connectivity index (χ2n) is 6.05. The Kier molecular flexibility index (Phi) is 5.79. The highest BCUT2D eigenvalue weighted by molar-refractivity contribution is 5.49. The Bertz CT molecular complexity index is 442. The molecule has 2 atom stereocenters. The average molecular weight is 292 g/mol. The van der Waals surface area contributed by atoms with Crippen molar-refractivity contribution < 1.29 is 4.74 Å². The van der Waals surface area contributed by atoms with Crippen LogP contribution in [0.5, 0.6) is 0 Å². The number of aromatic nitrogens is 2. The first-order valence-corrected chi connectivity index (χ1v) is 8.06. The molecule has 0 bridgehead atoms. The van der Waals surface area contributed by atoms with Crippen LogP contribution in [-0.4, -0.2) is 36.2 Å². The summed E-state index contributed by atoms with van der Waals surface area (Å²) in [7, 11) is 0. The van der Waals surface area contributed by atoms with Gasteiger partial charge in [0.25, 0.3) is 0 Å². The van der Waals surface area contributed by atoms with Gasteiger partial charge < -0.3 is 15.0 Å². The molecule has 1 aliphatic heterocycles. The standard InChI is InChI=1S/C16H28N4O/c1-5-17-14-8-16(19-15(18-14)11-21-6-2)20-9-12(3)7-13(4)10-20/h8,12-13H,5-7,9-11H2,1-4H3,(H,17,18,19). The number of rotatable bonds is 6. The predicted molar refractivity (Wildman–Crippen MR) is 86.7 cm³/mol. The van der Waals surface area contributed by atoms with Crippen LogP contribution in [0.3, 0.4) is 0 Å². The van der Waals surface area contributed by atoms with E-state index in [9.17, 15) is 0 Å². The number of ether oxygens (including phenoxy) is 1. The van der Waals surface area contributed by atoms with Crippen molar-refractivity contribution in [3.63, 3.8) is 0 Å². The summed E-state index contributed by atoms with van der Waals surface area (Å²) in [5.74, 6) is 4.09. The average Bonchev–Trinajstić information content (AvgIpc) is 2.44.